The summed E-state index contributed by atoms with van der Waals surface area (Å²) >= 11 is 6.13. The number of benzene rings is 1. The van der Waals surface area contributed by atoms with Crippen LogP contribution in [0.5, 0.6) is 0 Å². The van der Waals surface area contributed by atoms with Crippen molar-refractivity contribution in [2.75, 3.05) is 18.0 Å². The second-order valence-corrected chi connectivity index (χ2v) is 4.98. The Kier molecular flexibility index (Phi) is 4.43. The molecule has 0 bridgehead atoms. The molecule has 1 aromatic rings. The number of nitrogens with zero attached hydrogens (tertiary/aromatic N) is 1. The minimum absolute atomic E-state index is 0.0630. The molecule has 2 rings (SSSR count). The first-order valence-electron chi connectivity index (χ1n) is 6.51. The summed E-state index contributed by atoms with van der Waals surface area (Å²) in [5, 5.41) is 3.31. The summed E-state index contributed by atoms with van der Waals surface area (Å²) in [4.78, 5) is 25.3. The smallest absolute Gasteiger partial charge is 0.251 e. The molecule has 0 aliphatic carbocycles. The zero-order valence-corrected chi connectivity index (χ0v) is 11.7. The molecule has 1 aliphatic rings. The van der Waals surface area contributed by atoms with Crippen molar-refractivity contribution in [3.8, 4) is 0 Å². The van der Waals surface area contributed by atoms with Crippen LogP contribution in [0.3, 0.4) is 0 Å². The highest BCUT2D eigenvalue weighted by Crippen LogP contribution is 2.30. The molecular formula is C14H17ClN2O2. The predicted molar refractivity (Wildman–Crippen MR) is 75.7 cm³/mol. The molecule has 2 amide bonds. The van der Waals surface area contributed by atoms with E-state index in [-0.39, 0.29) is 11.8 Å². The minimum Gasteiger partial charge on any atom is -0.352 e. The lowest BCUT2D eigenvalue weighted by Gasteiger charge is -2.18. The van der Waals surface area contributed by atoms with Gasteiger partial charge in [-0.25, -0.2) is 0 Å². The molecule has 1 saturated heterocycles. The Morgan fingerprint density at radius 3 is 2.89 bits per heavy atom. The quantitative estimate of drug-likeness (QED) is 0.922. The summed E-state index contributed by atoms with van der Waals surface area (Å²) in [6.45, 7) is 3.30. The van der Waals surface area contributed by atoms with Gasteiger partial charge in [-0.1, -0.05) is 18.5 Å². The zero-order valence-electron chi connectivity index (χ0n) is 10.9. The molecular weight excluding hydrogens is 264 g/mol. The second-order valence-electron chi connectivity index (χ2n) is 4.57. The van der Waals surface area contributed by atoms with E-state index in [0.29, 0.717) is 35.8 Å². The molecule has 0 saturated carbocycles. The third-order valence-electron chi connectivity index (χ3n) is 3.11. The second kappa shape index (κ2) is 6.06. The fraction of sp³-hybridized carbons (Fsp3) is 0.429. The third kappa shape index (κ3) is 3.07. The SMILES string of the molecule is CCCNC(=O)c1ccc(Cl)c(N2CCCC2=O)c1. The third-order valence-corrected chi connectivity index (χ3v) is 3.43. The van der Waals surface area contributed by atoms with E-state index in [2.05, 4.69) is 5.32 Å². The molecule has 5 heteroatoms. The van der Waals surface area contributed by atoms with Crippen LogP contribution >= 0.6 is 11.6 Å². The van der Waals surface area contributed by atoms with E-state index in [1.165, 1.54) is 0 Å². The van der Waals surface area contributed by atoms with Crippen LogP contribution in [0.2, 0.25) is 5.02 Å². The van der Waals surface area contributed by atoms with Gasteiger partial charge < -0.3 is 10.2 Å². The molecule has 0 unspecified atom stereocenters. The van der Waals surface area contributed by atoms with Crippen molar-refractivity contribution in [2.24, 2.45) is 0 Å². The maximum atomic E-state index is 11.9. The molecule has 0 spiro atoms. The van der Waals surface area contributed by atoms with Gasteiger partial charge in [0.1, 0.15) is 0 Å². The van der Waals surface area contributed by atoms with Gasteiger partial charge in [-0.2, -0.15) is 0 Å². The van der Waals surface area contributed by atoms with E-state index < -0.39 is 0 Å². The number of nitrogens with one attached hydrogen (secondary N) is 1. The van der Waals surface area contributed by atoms with Crippen molar-refractivity contribution in [1.82, 2.24) is 5.32 Å². The van der Waals surface area contributed by atoms with Gasteiger partial charge in [0, 0.05) is 25.1 Å². The molecule has 1 heterocycles. The van der Waals surface area contributed by atoms with Crippen molar-refractivity contribution in [2.45, 2.75) is 26.2 Å². The molecule has 1 N–H and O–H groups in total. The maximum absolute atomic E-state index is 11.9. The summed E-state index contributed by atoms with van der Waals surface area (Å²) in [5.74, 6) is -0.0700. The van der Waals surface area contributed by atoms with E-state index in [1.54, 1.807) is 23.1 Å². The van der Waals surface area contributed by atoms with Crippen molar-refractivity contribution in [3.05, 3.63) is 28.8 Å². The highest BCUT2D eigenvalue weighted by molar-refractivity contribution is 6.34. The number of hydrogen-bond donors (Lipinski definition) is 1. The van der Waals surface area contributed by atoms with Crippen LogP contribution in [0.4, 0.5) is 5.69 Å². The molecule has 102 valence electrons. The highest BCUT2D eigenvalue weighted by atomic mass is 35.5. The Morgan fingerprint density at radius 2 is 2.26 bits per heavy atom. The van der Waals surface area contributed by atoms with E-state index in [1.807, 2.05) is 6.92 Å². The Hall–Kier alpha value is -1.55. The Bertz CT molecular complexity index is 502. The average molecular weight is 281 g/mol. The van der Waals surface area contributed by atoms with Gasteiger partial charge >= 0.3 is 0 Å². The van der Waals surface area contributed by atoms with Crippen LogP contribution in [0.25, 0.3) is 0 Å². The maximum Gasteiger partial charge on any atom is 0.251 e. The number of carbonyl (C=O) groups is 2. The van der Waals surface area contributed by atoms with Gasteiger partial charge in [-0.05, 0) is 31.0 Å². The largest absolute Gasteiger partial charge is 0.352 e. The average Bonchev–Trinajstić information content (AvgIpc) is 2.82. The van der Waals surface area contributed by atoms with Gasteiger partial charge in [0.05, 0.1) is 10.7 Å². The Morgan fingerprint density at radius 1 is 1.47 bits per heavy atom. The summed E-state index contributed by atoms with van der Waals surface area (Å²) in [6, 6.07) is 5.04. The van der Waals surface area contributed by atoms with Crippen LogP contribution in [-0.2, 0) is 4.79 Å². The summed E-state index contributed by atoms with van der Waals surface area (Å²) in [5.41, 5.74) is 1.17. The Balaban J connectivity index is 2.24. The van der Waals surface area contributed by atoms with Gasteiger partial charge in [-0.15, -0.1) is 0 Å². The number of rotatable bonds is 4. The van der Waals surface area contributed by atoms with E-state index in [4.69, 9.17) is 11.6 Å². The van der Waals surface area contributed by atoms with Crippen LogP contribution < -0.4 is 10.2 Å². The standard InChI is InChI=1S/C14H17ClN2O2/c1-2-7-16-14(19)10-5-6-11(15)12(9-10)17-8-3-4-13(17)18/h5-6,9H,2-4,7-8H2,1H3,(H,16,19). The Labute approximate surface area is 117 Å². The van der Waals surface area contributed by atoms with Crippen LogP contribution in [-0.4, -0.2) is 24.9 Å². The van der Waals surface area contributed by atoms with Crippen molar-refractivity contribution >= 4 is 29.1 Å². The summed E-state index contributed by atoms with van der Waals surface area (Å²) < 4.78 is 0. The zero-order chi connectivity index (χ0) is 13.8. The normalized spacial score (nSPS) is 14.8. The molecule has 0 atom stereocenters. The van der Waals surface area contributed by atoms with Gasteiger partial charge in [-0.3, -0.25) is 9.59 Å². The lowest BCUT2D eigenvalue weighted by molar-refractivity contribution is -0.117. The lowest BCUT2D eigenvalue weighted by Crippen LogP contribution is -2.26. The number of halogens is 1. The van der Waals surface area contributed by atoms with Crippen molar-refractivity contribution < 1.29 is 9.59 Å². The first kappa shape index (κ1) is 13.9. The number of carbonyl (C=O) groups excluding carboxylic acids is 2. The van der Waals surface area contributed by atoms with E-state index >= 15 is 0 Å². The summed E-state index contributed by atoms with van der Waals surface area (Å²) in [7, 11) is 0. The van der Waals surface area contributed by atoms with Crippen molar-refractivity contribution in [1.29, 1.82) is 0 Å². The molecule has 4 nitrogen and oxygen atoms in total. The predicted octanol–water partition coefficient (Wildman–Crippen LogP) is 2.61. The lowest BCUT2D eigenvalue weighted by atomic mass is 10.1. The topological polar surface area (TPSA) is 49.4 Å². The van der Waals surface area contributed by atoms with Crippen LogP contribution in [0.15, 0.2) is 18.2 Å². The highest BCUT2D eigenvalue weighted by Gasteiger charge is 2.24. The molecule has 1 aromatic carbocycles. The number of hydrogen-bond acceptors (Lipinski definition) is 2. The molecule has 19 heavy (non-hydrogen) atoms. The minimum atomic E-state index is -0.133. The summed E-state index contributed by atoms with van der Waals surface area (Å²) in [6.07, 6.45) is 2.26. The fourth-order valence-electron chi connectivity index (χ4n) is 2.10. The van der Waals surface area contributed by atoms with Gasteiger partial charge in [0.15, 0.2) is 0 Å². The molecule has 1 fully saturated rings. The number of amides is 2. The van der Waals surface area contributed by atoms with Gasteiger partial charge in [0.2, 0.25) is 5.91 Å². The van der Waals surface area contributed by atoms with Gasteiger partial charge in [0.25, 0.3) is 5.91 Å². The van der Waals surface area contributed by atoms with Crippen LogP contribution in [0, 0.1) is 0 Å². The van der Waals surface area contributed by atoms with Crippen LogP contribution in [0.1, 0.15) is 36.5 Å². The van der Waals surface area contributed by atoms with E-state index in [9.17, 15) is 9.59 Å². The first-order chi connectivity index (χ1) is 9.13. The first-order valence-corrected chi connectivity index (χ1v) is 6.89. The molecule has 0 aromatic heterocycles. The van der Waals surface area contributed by atoms with E-state index in [0.717, 1.165) is 12.8 Å². The fourth-order valence-corrected chi connectivity index (χ4v) is 2.32. The number of anilines is 1. The van der Waals surface area contributed by atoms with Crippen molar-refractivity contribution in [3.63, 3.8) is 0 Å². The monoisotopic (exact) mass is 280 g/mol. The molecule has 0 radical (unpaired) electrons. The molecule has 1 aliphatic heterocycles.